The second kappa shape index (κ2) is 13.0. The average Bonchev–Trinajstić information content (AvgIpc) is 2.77. The van der Waals surface area contributed by atoms with Gasteiger partial charge in [0, 0.05) is 36.1 Å². The van der Waals surface area contributed by atoms with Crippen LogP contribution in [0.15, 0.2) is 48.5 Å². The highest BCUT2D eigenvalue weighted by Gasteiger charge is 2.28. The van der Waals surface area contributed by atoms with Crippen molar-refractivity contribution in [2.24, 2.45) is 0 Å². The number of likely N-dealkylation sites (N-methyl/N-ethyl adjacent to an activating group) is 1. The third-order valence-electron chi connectivity index (χ3n) is 5.25. The summed E-state index contributed by atoms with van der Waals surface area (Å²) >= 11 is 12.0. The third kappa shape index (κ3) is 8.18. The van der Waals surface area contributed by atoms with E-state index in [1.54, 1.807) is 41.3 Å². The van der Waals surface area contributed by atoms with Crippen LogP contribution < -0.4 is 9.62 Å². The Morgan fingerprint density at radius 2 is 1.71 bits per heavy atom. The van der Waals surface area contributed by atoms with Gasteiger partial charge in [0.2, 0.25) is 21.8 Å². The highest BCUT2D eigenvalue weighted by atomic mass is 35.5. The van der Waals surface area contributed by atoms with Gasteiger partial charge in [-0.05, 0) is 55.7 Å². The molecule has 186 valence electrons. The largest absolute Gasteiger partial charge is 0.355 e. The lowest BCUT2D eigenvalue weighted by Crippen LogP contribution is -2.49. The fraction of sp³-hybridized carbons (Fsp3) is 0.417. The molecule has 0 fully saturated rings. The van der Waals surface area contributed by atoms with E-state index < -0.39 is 16.1 Å². The fourth-order valence-corrected chi connectivity index (χ4v) is 4.90. The predicted octanol–water partition coefficient (Wildman–Crippen LogP) is 4.48. The summed E-state index contributed by atoms with van der Waals surface area (Å²) in [5, 5.41) is 3.80. The van der Waals surface area contributed by atoms with Gasteiger partial charge < -0.3 is 10.2 Å². The number of sulfonamides is 1. The second-order valence-electron chi connectivity index (χ2n) is 7.89. The van der Waals surface area contributed by atoms with Crippen molar-refractivity contribution in [3.8, 4) is 0 Å². The number of benzene rings is 2. The maximum absolute atomic E-state index is 13.3. The van der Waals surface area contributed by atoms with Crippen molar-refractivity contribution in [1.82, 2.24) is 10.2 Å². The van der Waals surface area contributed by atoms with Gasteiger partial charge in [0.25, 0.3) is 0 Å². The van der Waals surface area contributed by atoms with E-state index >= 15 is 0 Å². The molecule has 2 amide bonds. The van der Waals surface area contributed by atoms with Crippen LogP contribution in [0.5, 0.6) is 0 Å². The van der Waals surface area contributed by atoms with Crippen molar-refractivity contribution in [3.05, 3.63) is 64.1 Å². The number of carbonyl (C=O) groups excluding carboxylic acids is 2. The molecule has 1 N–H and O–H groups in total. The van der Waals surface area contributed by atoms with Crippen molar-refractivity contribution in [2.75, 3.05) is 23.7 Å². The van der Waals surface area contributed by atoms with Gasteiger partial charge in [-0.25, -0.2) is 8.42 Å². The highest BCUT2D eigenvalue weighted by Crippen LogP contribution is 2.23. The molecule has 0 aliphatic carbocycles. The molecule has 0 spiro atoms. The Labute approximate surface area is 212 Å². The molecule has 0 saturated heterocycles. The third-order valence-corrected chi connectivity index (χ3v) is 6.93. The summed E-state index contributed by atoms with van der Waals surface area (Å²) in [4.78, 5) is 27.5. The Morgan fingerprint density at radius 1 is 1.03 bits per heavy atom. The molecule has 0 radical (unpaired) electrons. The van der Waals surface area contributed by atoms with Crippen LogP contribution in [-0.2, 0) is 26.2 Å². The Hall–Kier alpha value is -2.29. The minimum absolute atomic E-state index is 0.0794. The summed E-state index contributed by atoms with van der Waals surface area (Å²) in [5.41, 5.74) is 1.28. The van der Waals surface area contributed by atoms with E-state index in [0.717, 1.165) is 11.8 Å². The van der Waals surface area contributed by atoms with Gasteiger partial charge in [-0.2, -0.15) is 0 Å². The first kappa shape index (κ1) is 28.0. The number of amides is 2. The Bertz CT molecular complexity index is 1080. The molecular formula is C24H31Cl2N3O4S. The van der Waals surface area contributed by atoms with Crippen LogP contribution in [0.2, 0.25) is 10.0 Å². The van der Waals surface area contributed by atoms with Gasteiger partial charge in [-0.3, -0.25) is 13.9 Å². The van der Waals surface area contributed by atoms with Crippen molar-refractivity contribution < 1.29 is 18.0 Å². The molecule has 0 aliphatic rings. The maximum atomic E-state index is 13.3. The molecule has 0 saturated carbocycles. The summed E-state index contributed by atoms with van der Waals surface area (Å²) in [6, 6.07) is 13.0. The fourth-order valence-electron chi connectivity index (χ4n) is 3.63. The van der Waals surface area contributed by atoms with E-state index in [9.17, 15) is 18.0 Å². The van der Waals surface area contributed by atoms with Crippen LogP contribution in [0.3, 0.4) is 0 Å². The number of rotatable bonds is 12. The lowest BCUT2D eigenvalue weighted by Gasteiger charge is -2.31. The molecule has 34 heavy (non-hydrogen) atoms. The van der Waals surface area contributed by atoms with Crippen LogP contribution in [0, 0.1) is 0 Å². The first-order chi connectivity index (χ1) is 16.1. The van der Waals surface area contributed by atoms with E-state index in [1.807, 2.05) is 26.0 Å². The van der Waals surface area contributed by atoms with E-state index in [4.69, 9.17) is 23.2 Å². The minimum Gasteiger partial charge on any atom is -0.355 e. The number of nitrogens with zero attached hydrogens (tertiary/aromatic N) is 2. The Morgan fingerprint density at radius 3 is 2.26 bits per heavy atom. The van der Waals surface area contributed by atoms with E-state index in [-0.39, 0.29) is 37.7 Å². The lowest BCUT2D eigenvalue weighted by molar-refractivity contribution is -0.141. The zero-order valence-electron chi connectivity index (χ0n) is 19.6. The van der Waals surface area contributed by atoms with Crippen LogP contribution in [0.4, 0.5) is 5.69 Å². The molecule has 2 aromatic carbocycles. The van der Waals surface area contributed by atoms with Gasteiger partial charge in [0.05, 0.1) is 11.9 Å². The van der Waals surface area contributed by atoms with E-state index in [2.05, 4.69) is 5.32 Å². The minimum atomic E-state index is -3.57. The zero-order valence-corrected chi connectivity index (χ0v) is 22.0. The van der Waals surface area contributed by atoms with Gasteiger partial charge >= 0.3 is 0 Å². The van der Waals surface area contributed by atoms with Crippen molar-refractivity contribution in [3.63, 3.8) is 0 Å². The van der Waals surface area contributed by atoms with Gasteiger partial charge in [0.15, 0.2) is 0 Å². The highest BCUT2D eigenvalue weighted by molar-refractivity contribution is 7.92. The molecule has 0 aliphatic heterocycles. The number of nitrogens with one attached hydrogen (secondary N) is 1. The van der Waals surface area contributed by atoms with Crippen LogP contribution in [0.1, 0.15) is 38.7 Å². The van der Waals surface area contributed by atoms with Gasteiger partial charge in [-0.1, -0.05) is 48.3 Å². The monoisotopic (exact) mass is 527 g/mol. The second-order valence-corrected chi connectivity index (χ2v) is 10.7. The molecule has 0 heterocycles. The number of carbonyl (C=O) groups is 2. The number of hydrogen-bond acceptors (Lipinski definition) is 4. The predicted molar refractivity (Wildman–Crippen MR) is 138 cm³/mol. The number of hydrogen-bond donors (Lipinski definition) is 1. The van der Waals surface area contributed by atoms with Crippen LogP contribution in [0.25, 0.3) is 0 Å². The zero-order chi connectivity index (χ0) is 25.3. The van der Waals surface area contributed by atoms with Crippen molar-refractivity contribution in [2.45, 2.75) is 45.7 Å². The summed E-state index contributed by atoms with van der Waals surface area (Å²) in [7, 11) is -3.57. The molecule has 1 atom stereocenters. The van der Waals surface area contributed by atoms with E-state index in [0.29, 0.717) is 28.7 Å². The quantitative estimate of drug-likeness (QED) is 0.440. The molecule has 2 aromatic rings. The lowest BCUT2D eigenvalue weighted by atomic mass is 10.1. The average molecular weight is 529 g/mol. The molecule has 0 aromatic heterocycles. The first-order valence-corrected chi connectivity index (χ1v) is 13.7. The van der Waals surface area contributed by atoms with Gasteiger partial charge in [0.1, 0.15) is 6.04 Å². The SMILES string of the molecule is CCNC(=O)[C@@H](CC)N(Cc1ccc(Cl)cc1)C(=O)CCCN(c1cccc(Cl)c1)S(C)(=O)=O. The Balaban J connectivity index is 2.19. The number of anilines is 1. The first-order valence-electron chi connectivity index (χ1n) is 11.1. The van der Waals surface area contributed by atoms with Crippen LogP contribution in [-0.4, -0.2) is 50.5 Å². The van der Waals surface area contributed by atoms with Crippen molar-refractivity contribution >= 4 is 50.7 Å². The summed E-state index contributed by atoms with van der Waals surface area (Å²) in [5.74, 6) is -0.448. The molecule has 10 heteroatoms. The topological polar surface area (TPSA) is 86.8 Å². The molecule has 0 unspecified atom stereocenters. The molecular weight excluding hydrogens is 497 g/mol. The summed E-state index contributed by atoms with van der Waals surface area (Å²) in [6.07, 6.45) is 1.92. The summed E-state index contributed by atoms with van der Waals surface area (Å²) < 4.78 is 26.0. The molecule has 2 rings (SSSR count). The Kier molecular flexibility index (Phi) is 10.7. The smallest absolute Gasteiger partial charge is 0.242 e. The maximum Gasteiger partial charge on any atom is 0.242 e. The standard InChI is InChI=1S/C24H31Cl2N3O4S/c1-4-22(24(31)27-5-2)28(17-18-11-13-19(25)14-12-18)23(30)10-7-15-29(34(3,32)33)21-9-6-8-20(26)16-21/h6,8-9,11-14,16,22H,4-5,7,10,15,17H2,1-3H3,(H,27,31)/t22-/m1/s1. The molecule has 0 bridgehead atoms. The van der Waals surface area contributed by atoms with E-state index in [1.165, 1.54) is 4.31 Å². The molecule has 7 nitrogen and oxygen atoms in total. The summed E-state index contributed by atoms with van der Waals surface area (Å²) in [6.45, 7) is 4.49. The van der Waals surface area contributed by atoms with Crippen LogP contribution >= 0.6 is 23.2 Å². The normalized spacial score (nSPS) is 12.1. The van der Waals surface area contributed by atoms with Gasteiger partial charge in [-0.15, -0.1) is 0 Å². The number of halogens is 2. The van der Waals surface area contributed by atoms with Crippen molar-refractivity contribution in [1.29, 1.82) is 0 Å².